The van der Waals surface area contributed by atoms with Gasteiger partial charge in [0.1, 0.15) is 5.76 Å². The molecule has 2 rings (SSSR count). The van der Waals surface area contributed by atoms with Gasteiger partial charge in [-0.15, -0.1) is 11.8 Å². The largest absolute Gasteiger partial charge is 0.456 e. The molecule has 0 spiro atoms. The maximum atomic E-state index is 11.6. The predicted molar refractivity (Wildman–Crippen MR) is 76.7 cm³/mol. The highest BCUT2D eigenvalue weighted by Gasteiger charge is 2.07. The van der Waals surface area contributed by atoms with Crippen LogP contribution in [0.3, 0.4) is 0 Å². The number of furan rings is 1. The molecule has 5 heteroatoms. The Morgan fingerprint density at radius 1 is 1.26 bits per heavy atom. The molecule has 4 nitrogen and oxygen atoms in total. The van der Waals surface area contributed by atoms with Crippen molar-refractivity contribution in [1.82, 2.24) is 5.43 Å². The molecule has 1 heterocycles. The van der Waals surface area contributed by atoms with E-state index in [2.05, 4.69) is 10.5 Å². The van der Waals surface area contributed by atoms with Gasteiger partial charge in [0.25, 0.3) is 0 Å². The Morgan fingerprint density at radius 3 is 2.58 bits per heavy atom. The van der Waals surface area contributed by atoms with Crippen molar-refractivity contribution in [3.05, 3.63) is 53.5 Å². The van der Waals surface area contributed by atoms with E-state index in [1.807, 2.05) is 30.5 Å². The van der Waals surface area contributed by atoms with Crippen LogP contribution in [0.2, 0.25) is 0 Å². The standard InChI is InChI=1S/C14H14N2O2S/c1-10-3-8-13(18-10)14(17)16-15-9-11-4-6-12(19-2)7-5-11/h3-9H,1-2H3,(H,16,17)/b15-9+. The number of amides is 1. The molecular weight excluding hydrogens is 260 g/mol. The van der Waals surface area contributed by atoms with Gasteiger partial charge >= 0.3 is 5.91 Å². The van der Waals surface area contributed by atoms with Crippen LogP contribution in [0.4, 0.5) is 0 Å². The summed E-state index contributed by atoms with van der Waals surface area (Å²) in [7, 11) is 0. The van der Waals surface area contributed by atoms with E-state index >= 15 is 0 Å². The molecule has 0 saturated carbocycles. The van der Waals surface area contributed by atoms with Crippen LogP contribution in [0.1, 0.15) is 21.9 Å². The number of carbonyl (C=O) groups is 1. The van der Waals surface area contributed by atoms with E-state index in [9.17, 15) is 4.79 Å². The maximum absolute atomic E-state index is 11.6. The molecule has 19 heavy (non-hydrogen) atoms. The number of hydrazone groups is 1. The van der Waals surface area contributed by atoms with Crippen molar-refractivity contribution in [2.45, 2.75) is 11.8 Å². The number of hydrogen-bond donors (Lipinski definition) is 1. The first-order valence-electron chi connectivity index (χ1n) is 5.73. The monoisotopic (exact) mass is 274 g/mol. The summed E-state index contributed by atoms with van der Waals surface area (Å²) in [6.07, 6.45) is 3.62. The average molecular weight is 274 g/mol. The van der Waals surface area contributed by atoms with Gasteiger partial charge in [0.05, 0.1) is 6.21 Å². The normalized spacial score (nSPS) is 10.8. The Labute approximate surface area is 115 Å². The molecular formula is C14H14N2O2S. The van der Waals surface area contributed by atoms with E-state index in [0.29, 0.717) is 5.76 Å². The summed E-state index contributed by atoms with van der Waals surface area (Å²) >= 11 is 1.68. The van der Waals surface area contributed by atoms with Gasteiger partial charge in [-0.25, -0.2) is 5.43 Å². The summed E-state index contributed by atoms with van der Waals surface area (Å²) < 4.78 is 5.19. The SMILES string of the molecule is CSc1ccc(/C=N/NC(=O)c2ccc(C)o2)cc1. The lowest BCUT2D eigenvalue weighted by atomic mass is 10.2. The van der Waals surface area contributed by atoms with E-state index in [-0.39, 0.29) is 11.7 Å². The summed E-state index contributed by atoms with van der Waals surface area (Å²) in [5.74, 6) is 0.597. The number of thioether (sulfide) groups is 1. The second-order valence-corrected chi connectivity index (χ2v) is 4.76. The third kappa shape index (κ3) is 3.72. The minimum Gasteiger partial charge on any atom is -0.456 e. The highest BCUT2D eigenvalue weighted by Crippen LogP contribution is 2.13. The Morgan fingerprint density at radius 2 is 2.00 bits per heavy atom. The first-order valence-corrected chi connectivity index (χ1v) is 6.95. The molecule has 1 amide bonds. The zero-order chi connectivity index (χ0) is 13.7. The van der Waals surface area contributed by atoms with Gasteiger partial charge in [-0.05, 0) is 43.0 Å². The summed E-state index contributed by atoms with van der Waals surface area (Å²) in [5.41, 5.74) is 3.35. The molecule has 0 fully saturated rings. The fraction of sp³-hybridized carbons (Fsp3) is 0.143. The van der Waals surface area contributed by atoms with E-state index in [4.69, 9.17) is 4.42 Å². The average Bonchev–Trinajstić information content (AvgIpc) is 2.86. The molecule has 0 aliphatic rings. The van der Waals surface area contributed by atoms with Gasteiger partial charge in [0.2, 0.25) is 0 Å². The number of nitrogens with zero attached hydrogens (tertiary/aromatic N) is 1. The summed E-state index contributed by atoms with van der Waals surface area (Å²) in [6.45, 7) is 1.79. The molecule has 1 N–H and O–H groups in total. The van der Waals surface area contributed by atoms with Crippen LogP contribution in [0.25, 0.3) is 0 Å². The van der Waals surface area contributed by atoms with Crippen LogP contribution in [0, 0.1) is 6.92 Å². The molecule has 1 aromatic carbocycles. The highest BCUT2D eigenvalue weighted by molar-refractivity contribution is 7.98. The van der Waals surface area contributed by atoms with Crippen LogP contribution in [-0.2, 0) is 0 Å². The Kier molecular flexibility index (Phi) is 4.41. The van der Waals surface area contributed by atoms with E-state index in [1.165, 1.54) is 4.90 Å². The third-order valence-corrected chi connectivity index (χ3v) is 3.20. The van der Waals surface area contributed by atoms with Crippen molar-refractivity contribution >= 4 is 23.9 Å². The first kappa shape index (κ1) is 13.4. The van der Waals surface area contributed by atoms with Crippen molar-refractivity contribution in [2.24, 2.45) is 5.10 Å². The van der Waals surface area contributed by atoms with Crippen molar-refractivity contribution in [2.75, 3.05) is 6.26 Å². The smallest absolute Gasteiger partial charge is 0.307 e. The molecule has 0 radical (unpaired) electrons. The number of hydrogen-bond acceptors (Lipinski definition) is 4. The highest BCUT2D eigenvalue weighted by atomic mass is 32.2. The number of carbonyl (C=O) groups excluding carboxylic acids is 1. The van der Waals surface area contributed by atoms with Crippen LogP contribution >= 0.6 is 11.8 Å². The second kappa shape index (κ2) is 6.24. The van der Waals surface area contributed by atoms with Crippen molar-refractivity contribution < 1.29 is 9.21 Å². The Balaban J connectivity index is 1.94. The molecule has 98 valence electrons. The van der Waals surface area contributed by atoms with E-state index in [0.717, 1.165) is 5.56 Å². The Hall–Kier alpha value is -2.01. The van der Waals surface area contributed by atoms with Gasteiger partial charge in [-0.1, -0.05) is 12.1 Å². The number of nitrogens with one attached hydrogen (secondary N) is 1. The molecule has 1 aromatic heterocycles. The second-order valence-electron chi connectivity index (χ2n) is 3.88. The molecule has 0 aliphatic heterocycles. The summed E-state index contributed by atoms with van der Waals surface area (Å²) in [5, 5.41) is 3.89. The minimum absolute atomic E-state index is 0.257. The predicted octanol–water partition coefficient (Wildman–Crippen LogP) is 3.07. The molecule has 0 unspecified atom stereocenters. The van der Waals surface area contributed by atoms with Crippen LogP contribution in [0.5, 0.6) is 0 Å². The topological polar surface area (TPSA) is 54.6 Å². The fourth-order valence-corrected chi connectivity index (χ4v) is 1.88. The fourth-order valence-electron chi connectivity index (χ4n) is 1.47. The zero-order valence-corrected chi connectivity index (χ0v) is 11.5. The minimum atomic E-state index is -0.356. The Bertz CT molecular complexity index is 588. The first-order chi connectivity index (χ1) is 9.19. The van der Waals surface area contributed by atoms with Gasteiger partial charge in [-0.3, -0.25) is 4.79 Å². The van der Waals surface area contributed by atoms with Gasteiger partial charge in [0.15, 0.2) is 5.76 Å². The number of aryl methyl sites for hydroxylation is 1. The number of benzene rings is 1. The molecule has 2 aromatic rings. The molecule has 0 bridgehead atoms. The quantitative estimate of drug-likeness (QED) is 0.529. The van der Waals surface area contributed by atoms with E-state index in [1.54, 1.807) is 37.0 Å². The summed E-state index contributed by atoms with van der Waals surface area (Å²) in [6, 6.07) is 11.2. The van der Waals surface area contributed by atoms with Crippen LogP contribution in [0.15, 0.2) is 50.8 Å². The molecule has 0 atom stereocenters. The zero-order valence-electron chi connectivity index (χ0n) is 10.7. The van der Waals surface area contributed by atoms with Gasteiger partial charge in [0, 0.05) is 4.90 Å². The molecule has 0 aliphatic carbocycles. The lowest BCUT2D eigenvalue weighted by Crippen LogP contribution is -2.16. The van der Waals surface area contributed by atoms with Crippen molar-refractivity contribution in [3.8, 4) is 0 Å². The van der Waals surface area contributed by atoms with Gasteiger partial charge in [-0.2, -0.15) is 5.10 Å². The summed E-state index contributed by atoms with van der Waals surface area (Å²) in [4.78, 5) is 12.8. The maximum Gasteiger partial charge on any atom is 0.307 e. The number of rotatable bonds is 4. The van der Waals surface area contributed by atoms with E-state index < -0.39 is 0 Å². The van der Waals surface area contributed by atoms with Crippen LogP contribution in [-0.4, -0.2) is 18.4 Å². The lowest BCUT2D eigenvalue weighted by molar-refractivity contribution is 0.0926. The lowest BCUT2D eigenvalue weighted by Gasteiger charge is -1.97. The van der Waals surface area contributed by atoms with Crippen molar-refractivity contribution in [1.29, 1.82) is 0 Å². The third-order valence-electron chi connectivity index (χ3n) is 2.46. The van der Waals surface area contributed by atoms with Crippen LogP contribution < -0.4 is 5.43 Å². The van der Waals surface area contributed by atoms with Gasteiger partial charge < -0.3 is 4.42 Å². The molecule has 0 saturated heterocycles. The van der Waals surface area contributed by atoms with Crippen molar-refractivity contribution in [3.63, 3.8) is 0 Å².